The van der Waals surface area contributed by atoms with E-state index in [2.05, 4.69) is 9.97 Å². The van der Waals surface area contributed by atoms with Crippen LogP contribution in [0.4, 0.5) is 13.2 Å². The number of aliphatic hydroxyl groups is 1. The quantitative estimate of drug-likeness (QED) is 0.795. The topological polar surface area (TPSA) is 60.2 Å². The van der Waals surface area contributed by atoms with E-state index in [4.69, 9.17) is 4.74 Å². The van der Waals surface area contributed by atoms with E-state index in [0.29, 0.717) is 12.3 Å². The Bertz CT molecular complexity index is 857. The number of ether oxygens (including phenoxy) is 1. The molecule has 3 rings (SSSR count). The number of nitrogens with zero attached hydrogens (tertiary/aromatic N) is 3. The van der Waals surface area contributed by atoms with E-state index >= 15 is 0 Å². The summed E-state index contributed by atoms with van der Waals surface area (Å²) in [5.41, 5.74) is 0.264. The first-order chi connectivity index (χ1) is 11.4. The first-order valence-corrected chi connectivity index (χ1v) is 7.08. The summed E-state index contributed by atoms with van der Waals surface area (Å²) in [7, 11) is 1.55. The Labute approximate surface area is 135 Å². The average Bonchev–Trinajstić information content (AvgIpc) is 2.97. The minimum atomic E-state index is -4.59. The summed E-state index contributed by atoms with van der Waals surface area (Å²) in [6.45, 7) is -0.235. The minimum Gasteiger partial charge on any atom is -0.497 e. The lowest BCUT2D eigenvalue weighted by molar-refractivity contribution is -0.141. The highest BCUT2D eigenvalue weighted by Crippen LogP contribution is 2.30. The number of fused-ring (bicyclic) bond motifs is 1. The maximum Gasteiger partial charge on any atom is 0.433 e. The molecule has 0 saturated carbocycles. The lowest BCUT2D eigenvalue weighted by Crippen LogP contribution is -2.10. The van der Waals surface area contributed by atoms with E-state index in [9.17, 15) is 18.3 Å². The number of halogens is 3. The fourth-order valence-electron chi connectivity index (χ4n) is 2.41. The van der Waals surface area contributed by atoms with Gasteiger partial charge in [0.1, 0.15) is 17.0 Å². The summed E-state index contributed by atoms with van der Waals surface area (Å²) in [6.07, 6.45) is -3.17. The van der Waals surface area contributed by atoms with Gasteiger partial charge >= 0.3 is 6.18 Å². The van der Waals surface area contributed by atoms with Gasteiger partial charge in [0, 0.05) is 5.56 Å². The third kappa shape index (κ3) is 3.05. The van der Waals surface area contributed by atoms with Gasteiger partial charge in [-0.2, -0.15) is 13.2 Å². The molecule has 0 aliphatic carbocycles. The monoisotopic (exact) mass is 337 g/mol. The summed E-state index contributed by atoms with van der Waals surface area (Å²) < 4.78 is 45.6. The SMILES string of the molecule is COc1ccc(Cn2cnc3c(CO)cc(C(F)(F)F)nc32)cc1. The van der Waals surface area contributed by atoms with Gasteiger partial charge in [-0.25, -0.2) is 9.97 Å². The van der Waals surface area contributed by atoms with Gasteiger partial charge in [0.25, 0.3) is 0 Å². The molecule has 0 atom stereocenters. The van der Waals surface area contributed by atoms with Gasteiger partial charge in [0.15, 0.2) is 5.65 Å². The zero-order chi connectivity index (χ0) is 17.3. The molecule has 8 heteroatoms. The minimum absolute atomic E-state index is 0.0877. The number of hydrogen-bond donors (Lipinski definition) is 1. The molecule has 0 aliphatic heterocycles. The van der Waals surface area contributed by atoms with E-state index in [1.807, 2.05) is 12.1 Å². The van der Waals surface area contributed by atoms with E-state index in [-0.39, 0.29) is 16.7 Å². The molecule has 0 fully saturated rings. The van der Waals surface area contributed by atoms with Crippen molar-refractivity contribution in [3.8, 4) is 5.75 Å². The van der Waals surface area contributed by atoms with Crippen LogP contribution in [0, 0.1) is 0 Å². The van der Waals surface area contributed by atoms with Crippen LogP contribution < -0.4 is 4.74 Å². The number of hydrogen-bond acceptors (Lipinski definition) is 4. The lowest BCUT2D eigenvalue weighted by atomic mass is 10.2. The maximum absolute atomic E-state index is 13.0. The zero-order valence-corrected chi connectivity index (χ0v) is 12.7. The second-order valence-electron chi connectivity index (χ2n) is 5.22. The van der Waals surface area contributed by atoms with Crippen molar-refractivity contribution in [2.45, 2.75) is 19.3 Å². The fraction of sp³-hybridized carbons (Fsp3) is 0.250. The molecule has 24 heavy (non-hydrogen) atoms. The smallest absolute Gasteiger partial charge is 0.433 e. The van der Waals surface area contributed by atoms with Crippen LogP contribution in [0.15, 0.2) is 36.7 Å². The molecule has 2 aromatic heterocycles. The molecule has 0 amide bonds. The Balaban J connectivity index is 2.04. The first-order valence-electron chi connectivity index (χ1n) is 7.08. The molecule has 0 spiro atoms. The predicted octanol–water partition coefficient (Wildman–Crippen LogP) is 3.00. The highest BCUT2D eigenvalue weighted by Gasteiger charge is 2.34. The second kappa shape index (κ2) is 6.12. The van der Waals surface area contributed by atoms with Crippen LogP contribution in [-0.2, 0) is 19.3 Å². The normalized spacial score (nSPS) is 11.9. The zero-order valence-electron chi connectivity index (χ0n) is 12.7. The van der Waals surface area contributed by atoms with Gasteiger partial charge in [0.05, 0.1) is 26.6 Å². The molecule has 0 unspecified atom stereocenters. The summed E-state index contributed by atoms with van der Waals surface area (Å²) in [4.78, 5) is 7.78. The van der Waals surface area contributed by atoms with Crippen LogP contribution >= 0.6 is 0 Å². The van der Waals surface area contributed by atoms with Crippen LogP contribution in [-0.4, -0.2) is 26.8 Å². The Hall–Kier alpha value is -2.61. The number of methoxy groups -OCH3 is 1. The summed E-state index contributed by atoms with van der Waals surface area (Å²) in [6, 6.07) is 7.98. The van der Waals surface area contributed by atoms with E-state index in [1.54, 1.807) is 19.2 Å². The fourth-order valence-corrected chi connectivity index (χ4v) is 2.41. The lowest BCUT2D eigenvalue weighted by Gasteiger charge is -2.10. The van der Waals surface area contributed by atoms with Crippen LogP contribution in [0.25, 0.3) is 11.2 Å². The Morgan fingerprint density at radius 1 is 1.21 bits per heavy atom. The average molecular weight is 337 g/mol. The van der Waals surface area contributed by atoms with Crippen LogP contribution in [0.2, 0.25) is 0 Å². The third-order valence-corrected chi connectivity index (χ3v) is 3.62. The summed E-state index contributed by atoms with van der Waals surface area (Å²) in [5, 5.41) is 9.32. The summed E-state index contributed by atoms with van der Waals surface area (Å²) >= 11 is 0. The van der Waals surface area contributed by atoms with Crippen molar-refractivity contribution in [1.82, 2.24) is 14.5 Å². The van der Waals surface area contributed by atoms with Crippen molar-refractivity contribution >= 4 is 11.2 Å². The van der Waals surface area contributed by atoms with E-state index in [0.717, 1.165) is 11.6 Å². The molecule has 5 nitrogen and oxygen atoms in total. The van der Waals surface area contributed by atoms with Gasteiger partial charge in [-0.05, 0) is 23.8 Å². The molecule has 0 aliphatic rings. The number of aromatic nitrogens is 3. The maximum atomic E-state index is 13.0. The number of alkyl halides is 3. The molecular weight excluding hydrogens is 323 g/mol. The van der Waals surface area contributed by atoms with E-state index < -0.39 is 18.5 Å². The van der Waals surface area contributed by atoms with Crippen molar-refractivity contribution in [1.29, 1.82) is 0 Å². The number of imidazole rings is 1. The molecule has 0 saturated heterocycles. The van der Waals surface area contributed by atoms with Gasteiger partial charge in [0.2, 0.25) is 0 Å². The molecule has 0 radical (unpaired) electrons. The largest absolute Gasteiger partial charge is 0.497 e. The van der Waals surface area contributed by atoms with Crippen molar-refractivity contribution in [3.05, 3.63) is 53.5 Å². The van der Waals surface area contributed by atoms with Crippen molar-refractivity contribution in [2.75, 3.05) is 7.11 Å². The van der Waals surface area contributed by atoms with Crippen molar-refractivity contribution in [3.63, 3.8) is 0 Å². The molecule has 0 bridgehead atoms. The van der Waals surface area contributed by atoms with Crippen LogP contribution in [0.5, 0.6) is 5.75 Å². The van der Waals surface area contributed by atoms with Gasteiger partial charge in [-0.15, -0.1) is 0 Å². The molecular formula is C16H14F3N3O2. The first kappa shape index (κ1) is 16.3. The highest BCUT2D eigenvalue weighted by atomic mass is 19.4. The number of rotatable bonds is 4. The van der Waals surface area contributed by atoms with Crippen LogP contribution in [0.1, 0.15) is 16.8 Å². The molecule has 126 valence electrons. The van der Waals surface area contributed by atoms with Gasteiger partial charge < -0.3 is 14.4 Å². The van der Waals surface area contributed by atoms with E-state index in [1.165, 1.54) is 10.9 Å². The van der Waals surface area contributed by atoms with Crippen molar-refractivity contribution in [2.24, 2.45) is 0 Å². The Morgan fingerprint density at radius 2 is 1.92 bits per heavy atom. The second-order valence-corrected chi connectivity index (χ2v) is 5.22. The number of benzene rings is 1. The summed E-state index contributed by atoms with van der Waals surface area (Å²) in [5.74, 6) is 0.689. The standard InChI is InChI=1S/C16H14F3N3O2/c1-24-12-4-2-10(3-5-12)7-22-9-20-14-11(8-23)6-13(16(17,18)19)21-15(14)22/h2-6,9,23H,7-8H2,1H3. The van der Waals surface area contributed by atoms with Crippen molar-refractivity contribution < 1.29 is 23.0 Å². The number of pyridine rings is 1. The molecule has 3 aromatic rings. The van der Waals surface area contributed by atoms with Gasteiger partial charge in [-0.1, -0.05) is 12.1 Å². The van der Waals surface area contributed by atoms with Crippen LogP contribution in [0.3, 0.4) is 0 Å². The van der Waals surface area contributed by atoms with Gasteiger partial charge in [-0.3, -0.25) is 0 Å². The molecule has 2 heterocycles. The Kier molecular flexibility index (Phi) is 4.15. The third-order valence-electron chi connectivity index (χ3n) is 3.62. The Morgan fingerprint density at radius 3 is 2.50 bits per heavy atom. The molecule has 1 aromatic carbocycles. The molecule has 1 N–H and O–H groups in total. The number of aliphatic hydroxyl groups excluding tert-OH is 1. The highest BCUT2D eigenvalue weighted by molar-refractivity contribution is 5.75. The predicted molar refractivity (Wildman–Crippen MR) is 80.5 cm³/mol.